The number of carbonyl (C=O) groups is 2. The minimum atomic E-state index is -0.574. The molecule has 3 N–H and O–H groups in total. The minimum Gasteiger partial charge on any atom is -0.366 e. The summed E-state index contributed by atoms with van der Waals surface area (Å²) in [4.78, 5) is 37.3. The Morgan fingerprint density at radius 1 is 1.17 bits per heavy atom. The van der Waals surface area contributed by atoms with E-state index in [9.17, 15) is 9.59 Å². The number of carbonyl (C=O) groups excluding carboxylic acids is 2. The highest BCUT2D eigenvalue weighted by atomic mass is 16.2. The SMILES string of the molecule is C[C@@H](C(=O)NCCCC#Cc1cnc(Nc2ccc(C#N)cc2)nc1NC1CCCC1)N(C)C(=O)/C=C/CN(C)C. The van der Waals surface area contributed by atoms with Crippen LogP contribution >= 0.6 is 0 Å². The molecule has 0 spiro atoms. The van der Waals surface area contributed by atoms with Crippen LogP contribution in [-0.4, -0.2) is 77.9 Å². The summed E-state index contributed by atoms with van der Waals surface area (Å²) in [5.41, 5.74) is 2.11. The molecule has 10 heteroatoms. The van der Waals surface area contributed by atoms with Crippen LogP contribution in [0, 0.1) is 23.2 Å². The second-order valence-corrected chi connectivity index (χ2v) is 10.4. The maximum atomic E-state index is 12.5. The minimum absolute atomic E-state index is 0.198. The fraction of sp³-hybridized carbons (Fsp3) is 0.452. The van der Waals surface area contributed by atoms with Gasteiger partial charge in [-0.15, -0.1) is 0 Å². The number of rotatable bonds is 12. The van der Waals surface area contributed by atoms with E-state index in [1.807, 2.05) is 31.1 Å². The maximum absolute atomic E-state index is 12.5. The molecule has 10 nitrogen and oxygen atoms in total. The van der Waals surface area contributed by atoms with Crippen LogP contribution in [0.5, 0.6) is 0 Å². The van der Waals surface area contributed by atoms with Gasteiger partial charge in [0, 0.05) is 44.4 Å². The van der Waals surface area contributed by atoms with Crippen LogP contribution in [0.15, 0.2) is 42.6 Å². The van der Waals surface area contributed by atoms with E-state index in [1.165, 1.54) is 23.8 Å². The summed E-state index contributed by atoms with van der Waals surface area (Å²) in [6, 6.07) is 9.02. The first-order valence-electron chi connectivity index (χ1n) is 14.0. The van der Waals surface area contributed by atoms with Gasteiger partial charge < -0.3 is 25.8 Å². The largest absolute Gasteiger partial charge is 0.366 e. The average molecular weight is 557 g/mol. The zero-order valence-corrected chi connectivity index (χ0v) is 24.4. The van der Waals surface area contributed by atoms with Gasteiger partial charge in [0.05, 0.1) is 23.4 Å². The van der Waals surface area contributed by atoms with Crippen molar-refractivity contribution in [2.75, 3.05) is 44.9 Å². The van der Waals surface area contributed by atoms with Crippen molar-refractivity contribution < 1.29 is 9.59 Å². The van der Waals surface area contributed by atoms with Crippen LogP contribution in [-0.2, 0) is 9.59 Å². The van der Waals surface area contributed by atoms with Crippen molar-refractivity contribution in [1.29, 1.82) is 5.26 Å². The van der Waals surface area contributed by atoms with Crippen molar-refractivity contribution >= 4 is 29.3 Å². The molecule has 3 rings (SSSR count). The molecular weight excluding hydrogens is 516 g/mol. The Morgan fingerprint density at radius 3 is 2.59 bits per heavy atom. The zero-order chi connectivity index (χ0) is 29.6. The van der Waals surface area contributed by atoms with Crippen LogP contribution in [0.2, 0.25) is 0 Å². The number of unbranched alkanes of at least 4 members (excludes halogenated alkanes) is 1. The van der Waals surface area contributed by atoms with E-state index >= 15 is 0 Å². The van der Waals surface area contributed by atoms with E-state index in [1.54, 1.807) is 38.4 Å². The number of benzene rings is 1. The average Bonchev–Trinajstić information content (AvgIpc) is 3.48. The molecule has 1 aromatic carbocycles. The lowest BCUT2D eigenvalue weighted by Crippen LogP contribution is -2.45. The molecule has 41 heavy (non-hydrogen) atoms. The molecule has 1 fully saturated rings. The van der Waals surface area contributed by atoms with E-state index in [-0.39, 0.29) is 11.8 Å². The topological polar surface area (TPSA) is 126 Å². The third-order valence-electron chi connectivity index (χ3n) is 6.79. The third-order valence-corrected chi connectivity index (χ3v) is 6.79. The molecule has 0 aliphatic heterocycles. The molecule has 0 saturated heterocycles. The van der Waals surface area contributed by atoms with Gasteiger partial charge in [-0.2, -0.15) is 10.2 Å². The predicted octanol–water partition coefficient (Wildman–Crippen LogP) is 3.66. The molecule has 0 bridgehead atoms. The number of hydrogen-bond acceptors (Lipinski definition) is 8. The number of anilines is 3. The van der Waals surface area contributed by atoms with Crippen molar-refractivity contribution in [2.45, 2.75) is 57.5 Å². The highest BCUT2D eigenvalue weighted by Crippen LogP contribution is 2.24. The van der Waals surface area contributed by atoms with E-state index in [2.05, 4.69) is 38.8 Å². The Kier molecular flexibility index (Phi) is 12.1. The molecular formula is C31H40N8O2. The van der Waals surface area contributed by atoms with E-state index < -0.39 is 6.04 Å². The van der Waals surface area contributed by atoms with Crippen LogP contribution < -0.4 is 16.0 Å². The number of nitriles is 1. The lowest BCUT2D eigenvalue weighted by atomic mass is 10.2. The molecule has 0 radical (unpaired) electrons. The number of aromatic nitrogens is 2. The zero-order valence-electron chi connectivity index (χ0n) is 24.4. The molecule has 216 valence electrons. The van der Waals surface area contributed by atoms with Crippen LogP contribution in [0.4, 0.5) is 17.5 Å². The Labute approximate surface area is 243 Å². The van der Waals surface area contributed by atoms with Crippen LogP contribution in [0.25, 0.3) is 0 Å². The molecule has 1 aliphatic rings. The smallest absolute Gasteiger partial charge is 0.246 e. The van der Waals surface area contributed by atoms with E-state index in [0.717, 1.165) is 24.1 Å². The van der Waals surface area contributed by atoms with Gasteiger partial charge in [0.25, 0.3) is 0 Å². The fourth-order valence-corrected chi connectivity index (χ4v) is 4.21. The van der Waals surface area contributed by atoms with Gasteiger partial charge in [0.15, 0.2) is 0 Å². The number of hydrogen-bond donors (Lipinski definition) is 3. The number of nitrogens with zero attached hydrogens (tertiary/aromatic N) is 5. The second-order valence-electron chi connectivity index (χ2n) is 10.4. The summed E-state index contributed by atoms with van der Waals surface area (Å²) >= 11 is 0. The van der Waals surface area contributed by atoms with E-state index in [4.69, 9.17) is 10.2 Å². The number of amides is 2. The molecule has 1 atom stereocenters. The van der Waals surface area contributed by atoms with Gasteiger partial charge in [-0.25, -0.2) is 4.98 Å². The van der Waals surface area contributed by atoms with Gasteiger partial charge in [0.1, 0.15) is 11.9 Å². The molecule has 2 aromatic rings. The van der Waals surface area contributed by atoms with Crippen molar-refractivity contribution in [3.05, 3.63) is 53.7 Å². The van der Waals surface area contributed by atoms with Crippen molar-refractivity contribution in [3.63, 3.8) is 0 Å². The molecule has 1 aromatic heterocycles. The summed E-state index contributed by atoms with van der Waals surface area (Å²) in [5.74, 6) is 7.11. The van der Waals surface area contributed by atoms with Gasteiger partial charge in [-0.05, 0) is 64.5 Å². The standard InChI is InChI=1S/C31H40N8O2/c1-23(39(4)28(40)14-10-20-38(2)3)30(41)33-19-9-5-6-11-25-22-34-31(36-27-17-15-24(21-32)16-18-27)37-29(25)35-26-12-7-8-13-26/h10,14-18,22-23,26H,5,7-9,12-13,19-20H2,1-4H3,(H,33,41)(H2,34,35,36,37)/b14-10+/t23-/m0/s1. The maximum Gasteiger partial charge on any atom is 0.246 e. The third kappa shape index (κ3) is 10.3. The number of likely N-dealkylation sites (N-methyl/N-ethyl adjacent to an activating group) is 2. The monoisotopic (exact) mass is 556 g/mol. The van der Waals surface area contributed by atoms with Crippen molar-refractivity contribution in [1.82, 2.24) is 25.1 Å². The molecule has 2 amide bonds. The molecule has 0 unspecified atom stereocenters. The van der Waals surface area contributed by atoms with Crippen molar-refractivity contribution in [2.24, 2.45) is 0 Å². The van der Waals surface area contributed by atoms with Crippen LogP contribution in [0.3, 0.4) is 0 Å². The Bertz CT molecular complexity index is 1300. The molecule has 1 heterocycles. The molecule has 1 aliphatic carbocycles. The first-order valence-corrected chi connectivity index (χ1v) is 14.0. The second kappa shape index (κ2) is 16.0. The quantitative estimate of drug-likeness (QED) is 0.205. The van der Waals surface area contributed by atoms with E-state index in [0.29, 0.717) is 49.3 Å². The predicted molar refractivity (Wildman–Crippen MR) is 161 cm³/mol. The van der Waals surface area contributed by atoms with Gasteiger partial charge in [0.2, 0.25) is 17.8 Å². The van der Waals surface area contributed by atoms with Crippen LogP contribution in [0.1, 0.15) is 56.6 Å². The highest BCUT2D eigenvalue weighted by Gasteiger charge is 2.20. The Hall–Kier alpha value is -4.41. The van der Waals surface area contributed by atoms with Gasteiger partial charge in [-0.1, -0.05) is 30.8 Å². The first-order chi connectivity index (χ1) is 19.8. The van der Waals surface area contributed by atoms with Gasteiger partial charge >= 0.3 is 0 Å². The summed E-state index contributed by atoms with van der Waals surface area (Å²) in [5, 5.41) is 18.6. The summed E-state index contributed by atoms with van der Waals surface area (Å²) in [7, 11) is 5.47. The Morgan fingerprint density at radius 2 is 1.90 bits per heavy atom. The lowest BCUT2D eigenvalue weighted by Gasteiger charge is -2.23. The number of nitrogens with one attached hydrogen (secondary N) is 3. The van der Waals surface area contributed by atoms with Crippen molar-refractivity contribution in [3.8, 4) is 17.9 Å². The lowest BCUT2D eigenvalue weighted by molar-refractivity contribution is -0.135. The summed E-state index contributed by atoms with van der Waals surface area (Å²) in [6.07, 6.45) is 10.8. The fourth-order valence-electron chi connectivity index (χ4n) is 4.21. The Balaban J connectivity index is 1.53. The summed E-state index contributed by atoms with van der Waals surface area (Å²) in [6.45, 7) is 2.84. The summed E-state index contributed by atoms with van der Waals surface area (Å²) < 4.78 is 0. The van der Waals surface area contributed by atoms with Gasteiger partial charge in [-0.3, -0.25) is 9.59 Å². The highest BCUT2D eigenvalue weighted by molar-refractivity contribution is 5.92. The first kappa shape index (κ1) is 31.1. The molecule has 1 saturated carbocycles. The normalized spacial score (nSPS) is 13.8.